The number of halogens is 1. The van der Waals surface area contributed by atoms with Gasteiger partial charge in [-0.25, -0.2) is 0 Å². The highest BCUT2D eigenvalue weighted by Gasteiger charge is 2.13. The van der Waals surface area contributed by atoms with E-state index < -0.39 is 5.91 Å². The lowest BCUT2D eigenvalue weighted by atomic mass is 10.1. The summed E-state index contributed by atoms with van der Waals surface area (Å²) < 4.78 is 1.90. The number of aromatic nitrogens is 3. The number of amides is 2. The van der Waals surface area contributed by atoms with E-state index in [0.717, 1.165) is 10.4 Å². The third-order valence-corrected chi connectivity index (χ3v) is 4.85. The maximum Gasteiger partial charge on any atom is 0.258 e. The second-order valence-corrected chi connectivity index (χ2v) is 7.09. The Labute approximate surface area is 163 Å². The average molecular weight is 408 g/mol. The zero-order chi connectivity index (χ0) is 18.5. The zero-order valence-corrected chi connectivity index (χ0v) is 15.7. The van der Waals surface area contributed by atoms with Crippen molar-refractivity contribution >= 4 is 47.0 Å². The number of hydrogen-bond donors (Lipinski definition) is 3. The van der Waals surface area contributed by atoms with E-state index in [1.165, 1.54) is 11.3 Å². The first-order valence-corrected chi connectivity index (χ1v) is 9.21. The number of carbonyl (C=O) groups excluding carboxylic acids is 2. The van der Waals surface area contributed by atoms with E-state index in [1.54, 1.807) is 28.8 Å². The topological polar surface area (TPSA) is 91.8 Å². The lowest BCUT2D eigenvalue weighted by Gasteiger charge is -2.09. The van der Waals surface area contributed by atoms with Crippen molar-refractivity contribution in [3.05, 3.63) is 57.1 Å². The van der Waals surface area contributed by atoms with Gasteiger partial charge in [0.25, 0.3) is 5.91 Å². The van der Waals surface area contributed by atoms with Crippen LogP contribution in [-0.2, 0) is 22.6 Å². The second kappa shape index (κ2) is 8.26. The van der Waals surface area contributed by atoms with Gasteiger partial charge in [-0.15, -0.1) is 11.3 Å². The Hall–Kier alpha value is -2.49. The lowest BCUT2D eigenvalue weighted by Crippen LogP contribution is -2.43. The van der Waals surface area contributed by atoms with Crippen LogP contribution in [0, 0.1) is 4.77 Å². The average Bonchev–Trinajstić information content (AvgIpc) is 3.26. The Morgan fingerprint density at radius 1 is 1.19 bits per heavy atom. The van der Waals surface area contributed by atoms with Crippen LogP contribution in [0.25, 0.3) is 10.7 Å². The Kier molecular flexibility index (Phi) is 5.82. The van der Waals surface area contributed by atoms with Crippen LogP contribution in [0.5, 0.6) is 0 Å². The van der Waals surface area contributed by atoms with Crippen molar-refractivity contribution in [1.82, 2.24) is 25.6 Å². The molecule has 3 aromatic rings. The van der Waals surface area contributed by atoms with Crippen LogP contribution < -0.4 is 10.9 Å². The van der Waals surface area contributed by atoms with E-state index in [0.29, 0.717) is 15.6 Å². The number of hydrazine groups is 1. The minimum atomic E-state index is -0.412. The number of thiophene rings is 1. The third-order valence-electron chi connectivity index (χ3n) is 3.42. The van der Waals surface area contributed by atoms with Gasteiger partial charge >= 0.3 is 0 Å². The maximum absolute atomic E-state index is 12.1. The summed E-state index contributed by atoms with van der Waals surface area (Å²) in [5.74, 6) is -0.174. The molecule has 2 amide bonds. The number of rotatable bonds is 5. The fourth-order valence-electron chi connectivity index (χ4n) is 2.21. The van der Waals surface area contributed by atoms with Gasteiger partial charge in [0.15, 0.2) is 10.6 Å². The quantitative estimate of drug-likeness (QED) is 0.448. The van der Waals surface area contributed by atoms with Gasteiger partial charge in [0.2, 0.25) is 5.91 Å². The van der Waals surface area contributed by atoms with E-state index in [-0.39, 0.29) is 18.9 Å². The predicted octanol–water partition coefficient (Wildman–Crippen LogP) is 2.71. The Morgan fingerprint density at radius 2 is 1.92 bits per heavy atom. The molecule has 0 spiro atoms. The molecule has 2 aromatic heterocycles. The highest BCUT2D eigenvalue weighted by molar-refractivity contribution is 7.71. The number of nitrogens with zero attached hydrogens (tertiary/aromatic N) is 2. The molecular weight excluding hydrogens is 394 g/mol. The van der Waals surface area contributed by atoms with Crippen molar-refractivity contribution in [1.29, 1.82) is 0 Å². The first-order chi connectivity index (χ1) is 12.5. The van der Waals surface area contributed by atoms with Gasteiger partial charge in [-0.2, -0.15) is 5.10 Å². The van der Waals surface area contributed by atoms with Crippen LogP contribution in [0.3, 0.4) is 0 Å². The fraction of sp³-hybridized carbons (Fsp3) is 0.125. The van der Waals surface area contributed by atoms with Crippen molar-refractivity contribution in [2.75, 3.05) is 0 Å². The third kappa shape index (κ3) is 4.57. The Morgan fingerprint density at radius 3 is 2.62 bits per heavy atom. The van der Waals surface area contributed by atoms with E-state index in [9.17, 15) is 9.59 Å². The summed E-state index contributed by atoms with van der Waals surface area (Å²) >= 11 is 12.5. The molecule has 0 aliphatic heterocycles. The van der Waals surface area contributed by atoms with Gasteiger partial charge in [0.1, 0.15) is 6.54 Å². The number of H-pyrrole nitrogens is 1. The molecule has 0 bridgehead atoms. The number of nitrogens with one attached hydrogen (secondary N) is 3. The maximum atomic E-state index is 12.1. The largest absolute Gasteiger partial charge is 0.290 e. The molecule has 3 rings (SSSR count). The SMILES string of the molecule is O=C(Cc1ccc(Cl)cc1)NNC(=O)Cn1c(-c2cccs2)n[nH]c1=S. The number of hydrogen-bond acceptors (Lipinski definition) is 5. The van der Waals surface area contributed by atoms with Crippen LogP contribution in [-0.4, -0.2) is 26.6 Å². The molecule has 0 radical (unpaired) electrons. The van der Waals surface area contributed by atoms with Gasteiger partial charge in [0, 0.05) is 5.02 Å². The van der Waals surface area contributed by atoms with Gasteiger partial charge in [-0.3, -0.25) is 30.1 Å². The van der Waals surface area contributed by atoms with Crippen molar-refractivity contribution in [2.24, 2.45) is 0 Å². The smallest absolute Gasteiger partial charge is 0.258 e. The molecule has 0 atom stereocenters. The van der Waals surface area contributed by atoms with Gasteiger partial charge < -0.3 is 0 Å². The molecule has 3 N–H and O–H groups in total. The lowest BCUT2D eigenvalue weighted by molar-refractivity contribution is -0.128. The molecule has 134 valence electrons. The fourth-order valence-corrected chi connectivity index (χ4v) is 3.26. The van der Waals surface area contributed by atoms with E-state index in [2.05, 4.69) is 21.0 Å². The van der Waals surface area contributed by atoms with Crippen molar-refractivity contribution in [3.63, 3.8) is 0 Å². The van der Waals surface area contributed by atoms with Crippen molar-refractivity contribution in [2.45, 2.75) is 13.0 Å². The molecule has 10 heteroatoms. The predicted molar refractivity (Wildman–Crippen MR) is 102 cm³/mol. The normalized spacial score (nSPS) is 10.5. The summed E-state index contributed by atoms with van der Waals surface area (Å²) in [6, 6.07) is 10.7. The van der Waals surface area contributed by atoms with Crippen LogP contribution >= 0.6 is 35.2 Å². The molecule has 0 unspecified atom stereocenters. The Balaban J connectivity index is 1.56. The van der Waals surface area contributed by atoms with E-state index >= 15 is 0 Å². The minimum absolute atomic E-state index is 0.0657. The van der Waals surface area contributed by atoms with Gasteiger partial charge in [-0.1, -0.05) is 29.8 Å². The molecule has 0 saturated carbocycles. The van der Waals surface area contributed by atoms with Crippen LogP contribution in [0.1, 0.15) is 5.56 Å². The monoisotopic (exact) mass is 407 g/mol. The molecule has 2 heterocycles. The molecule has 26 heavy (non-hydrogen) atoms. The summed E-state index contributed by atoms with van der Waals surface area (Å²) in [6.45, 7) is -0.0657. The van der Waals surface area contributed by atoms with Crippen LogP contribution in [0.2, 0.25) is 5.02 Å². The van der Waals surface area contributed by atoms with E-state index in [1.807, 2.05) is 17.5 Å². The summed E-state index contributed by atoms with van der Waals surface area (Å²) in [5, 5.41) is 9.33. The summed E-state index contributed by atoms with van der Waals surface area (Å²) in [5.41, 5.74) is 5.56. The van der Waals surface area contributed by atoms with Gasteiger partial charge in [-0.05, 0) is 41.4 Å². The molecule has 1 aromatic carbocycles. The zero-order valence-electron chi connectivity index (χ0n) is 13.4. The summed E-state index contributed by atoms with van der Waals surface area (Å²) in [4.78, 5) is 24.9. The van der Waals surface area contributed by atoms with Crippen LogP contribution in [0.4, 0.5) is 0 Å². The standard InChI is InChI=1S/C16H14ClN5O2S2/c17-11-5-3-10(4-6-11)8-13(23)18-19-14(24)9-22-15(20-21-16(22)25)12-2-1-7-26-12/h1-7H,8-9H2,(H,18,23)(H,19,24)(H,21,25). The highest BCUT2D eigenvalue weighted by Crippen LogP contribution is 2.22. The van der Waals surface area contributed by atoms with E-state index in [4.69, 9.17) is 23.8 Å². The first-order valence-electron chi connectivity index (χ1n) is 7.54. The molecule has 0 aliphatic rings. The minimum Gasteiger partial charge on any atom is -0.290 e. The van der Waals surface area contributed by atoms with Crippen molar-refractivity contribution in [3.8, 4) is 10.7 Å². The molecule has 0 saturated heterocycles. The Bertz CT molecular complexity index is 963. The number of carbonyl (C=O) groups is 2. The molecular formula is C16H14ClN5O2S2. The van der Waals surface area contributed by atoms with Crippen molar-refractivity contribution < 1.29 is 9.59 Å². The highest BCUT2D eigenvalue weighted by atomic mass is 35.5. The number of aromatic amines is 1. The summed E-state index contributed by atoms with van der Waals surface area (Å²) in [6.07, 6.45) is 0.128. The second-order valence-electron chi connectivity index (χ2n) is 5.32. The van der Waals surface area contributed by atoms with Gasteiger partial charge in [0.05, 0.1) is 11.3 Å². The van der Waals surface area contributed by atoms with Crippen LogP contribution in [0.15, 0.2) is 41.8 Å². The molecule has 0 aliphatic carbocycles. The molecule has 7 nitrogen and oxygen atoms in total. The number of benzene rings is 1. The molecule has 0 fully saturated rings. The summed E-state index contributed by atoms with van der Waals surface area (Å²) in [7, 11) is 0. The first kappa shape index (κ1) is 18.3.